The molecule has 0 aromatic carbocycles. The highest BCUT2D eigenvalue weighted by Crippen LogP contribution is 2.26. The normalized spacial score (nSPS) is 18.5. The first kappa shape index (κ1) is 14.1. The highest BCUT2D eigenvalue weighted by Gasteiger charge is 2.29. The second-order valence-electron chi connectivity index (χ2n) is 5.95. The highest BCUT2D eigenvalue weighted by molar-refractivity contribution is 5.93. The second-order valence-corrected chi connectivity index (χ2v) is 5.95. The topological polar surface area (TPSA) is 58.4 Å². The quantitative estimate of drug-likeness (QED) is 0.890. The maximum Gasteiger partial charge on any atom is 0.274 e. The first-order chi connectivity index (χ1) is 8.90. The van der Waals surface area contributed by atoms with Gasteiger partial charge in [0.15, 0.2) is 5.69 Å². The molecule has 1 aromatic heterocycles. The molecule has 0 saturated carbocycles. The zero-order valence-corrected chi connectivity index (χ0v) is 12.2. The summed E-state index contributed by atoms with van der Waals surface area (Å²) in [6.07, 6.45) is 1.75. The van der Waals surface area contributed by atoms with Gasteiger partial charge in [-0.1, -0.05) is 13.8 Å². The van der Waals surface area contributed by atoms with Crippen molar-refractivity contribution in [2.24, 2.45) is 5.92 Å². The van der Waals surface area contributed by atoms with Gasteiger partial charge in [-0.2, -0.15) is 5.10 Å². The van der Waals surface area contributed by atoms with E-state index in [-0.39, 0.29) is 12.0 Å². The Bertz CT molecular complexity index is 477. The first-order valence-electron chi connectivity index (χ1n) is 6.88. The van der Waals surface area contributed by atoms with E-state index >= 15 is 0 Å². The van der Waals surface area contributed by atoms with Gasteiger partial charge >= 0.3 is 0 Å². The molecule has 1 aromatic rings. The molecular formula is C14H23N3O2. The Morgan fingerprint density at radius 2 is 2.21 bits per heavy atom. The van der Waals surface area contributed by atoms with Crippen LogP contribution in [0.5, 0.6) is 0 Å². The number of rotatable bonds is 3. The van der Waals surface area contributed by atoms with Crippen molar-refractivity contribution in [3.63, 3.8) is 0 Å². The molecule has 5 nitrogen and oxygen atoms in total. The lowest BCUT2D eigenvalue weighted by molar-refractivity contribution is 0.0818. The van der Waals surface area contributed by atoms with Gasteiger partial charge in [0.2, 0.25) is 0 Å². The summed E-state index contributed by atoms with van der Waals surface area (Å²) in [6, 6.07) is 0. The van der Waals surface area contributed by atoms with Gasteiger partial charge in [-0.25, -0.2) is 0 Å². The van der Waals surface area contributed by atoms with Gasteiger partial charge in [0.05, 0.1) is 6.10 Å². The van der Waals surface area contributed by atoms with Gasteiger partial charge in [0.1, 0.15) is 0 Å². The Morgan fingerprint density at radius 1 is 1.53 bits per heavy atom. The van der Waals surface area contributed by atoms with Gasteiger partial charge in [0.25, 0.3) is 5.91 Å². The van der Waals surface area contributed by atoms with Crippen molar-refractivity contribution in [3.8, 4) is 0 Å². The Labute approximate surface area is 114 Å². The predicted molar refractivity (Wildman–Crippen MR) is 73.1 cm³/mol. The van der Waals surface area contributed by atoms with Crippen molar-refractivity contribution in [2.45, 2.75) is 45.8 Å². The molecule has 19 heavy (non-hydrogen) atoms. The third kappa shape index (κ3) is 2.81. The van der Waals surface area contributed by atoms with Crippen molar-refractivity contribution < 1.29 is 9.90 Å². The van der Waals surface area contributed by atoms with E-state index < -0.39 is 0 Å². The number of aliphatic hydroxyl groups excluding tert-OH is 1. The number of hydrogen-bond donors (Lipinski definition) is 1. The zero-order valence-electron chi connectivity index (χ0n) is 12.2. The number of hydrogen-bond acceptors (Lipinski definition) is 3. The number of nitrogens with zero attached hydrogens (tertiary/aromatic N) is 3. The maximum absolute atomic E-state index is 12.2. The predicted octanol–water partition coefficient (Wildman–Crippen LogP) is 1.09. The molecule has 1 unspecified atom stereocenters. The molecule has 1 aliphatic rings. The molecule has 2 rings (SSSR count). The van der Waals surface area contributed by atoms with E-state index in [1.165, 1.54) is 0 Å². The molecule has 0 fully saturated rings. The van der Waals surface area contributed by atoms with E-state index in [0.29, 0.717) is 18.0 Å². The lowest BCUT2D eigenvalue weighted by atomic mass is 9.93. The summed E-state index contributed by atoms with van der Waals surface area (Å²) in [5.74, 6) is 0.408. The van der Waals surface area contributed by atoms with Crippen molar-refractivity contribution >= 4 is 5.91 Å². The molecule has 0 aliphatic heterocycles. The highest BCUT2D eigenvalue weighted by atomic mass is 16.3. The smallest absolute Gasteiger partial charge is 0.274 e. The molecule has 1 heterocycles. The minimum Gasteiger partial charge on any atom is -0.393 e. The summed E-state index contributed by atoms with van der Waals surface area (Å²) in [6.45, 7) is 5.09. The largest absolute Gasteiger partial charge is 0.393 e. The summed E-state index contributed by atoms with van der Waals surface area (Å²) >= 11 is 0. The summed E-state index contributed by atoms with van der Waals surface area (Å²) < 4.78 is 1.96. The third-order valence-corrected chi connectivity index (χ3v) is 3.47. The molecular weight excluding hydrogens is 242 g/mol. The minimum atomic E-state index is -0.349. The van der Waals surface area contributed by atoms with Crippen LogP contribution in [0.3, 0.4) is 0 Å². The monoisotopic (exact) mass is 265 g/mol. The van der Waals surface area contributed by atoms with Crippen molar-refractivity contribution in [1.29, 1.82) is 0 Å². The van der Waals surface area contributed by atoms with Crippen LogP contribution in [0.15, 0.2) is 0 Å². The Hall–Kier alpha value is -1.36. The van der Waals surface area contributed by atoms with Crippen molar-refractivity contribution in [3.05, 3.63) is 17.0 Å². The molecule has 1 N–H and O–H groups in total. The van der Waals surface area contributed by atoms with E-state index in [1.54, 1.807) is 19.0 Å². The molecule has 1 amide bonds. The van der Waals surface area contributed by atoms with Gasteiger partial charge < -0.3 is 10.0 Å². The Morgan fingerprint density at radius 3 is 2.79 bits per heavy atom. The summed E-state index contributed by atoms with van der Waals surface area (Å²) in [5, 5.41) is 14.3. The average molecular weight is 265 g/mol. The van der Waals surface area contributed by atoms with Crippen LogP contribution in [0.2, 0.25) is 0 Å². The summed E-state index contributed by atoms with van der Waals surface area (Å²) in [5.41, 5.74) is 2.58. The number of carbonyl (C=O) groups excluding carboxylic acids is 1. The van der Waals surface area contributed by atoms with Crippen LogP contribution in [-0.4, -0.2) is 45.9 Å². The number of fused-ring (bicyclic) bond motifs is 1. The first-order valence-corrected chi connectivity index (χ1v) is 6.88. The van der Waals surface area contributed by atoms with Gasteiger partial charge in [-0.15, -0.1) is 0 Å². The van der Waals surface area contributed by atoms with Gasteiger partial charge in [-0.05, 0) is 18.8 Å². The van der Waals surface area contributed by atoms with Crippen LogP contribution in [0, 0.1) is 5.92 Å². The molecule has 1 atom stereocenters. The summed E-state index contributed by atoms with van der Waals surface area (Å²) in [4.78, 5) is 13.7. The van der Waals surface area contributed by atoms with E-state index in [2.05, 4.69) is 18.9 Å². The van der Waals surface area contributed by atoms with Gasteiger partial charge in [0, 0.05) is 38.3 Å². The van der Waals surface area contributed by atoms with Crippen LogP contribution >= 0.6 is 0 Å². The Balaban J connectivity index is 2.43. The van der Waals surface area contributed by atoms with E-state index in [0.717, 1.165) is 30.6 Å². The average Bonchev–Trinajstić information content (AvgIpc) is 2.65. The van der Waals surface area contributed by atoms with Gasteiger partial charge in [-0.3, -0.25) is 9.48 Å². The molecule has 0 radical (unpaired) electrons. The fourth-order valence-electron chi connectivity index (χ4n) is 2.55. The second kappa shape index (κ2) is 5.33. The Kier molecular flexibility index (Phi) is 3.94. The van der Waals surface area contributed by atoms with Crippen molar-refractivity contribution in [1.82, 2.24) is 14.7 Å². The molecule has 5 heteroatoms. The fourth-order valence-corrected chi connectivity index (χ4v) is 2.55. The number of carbonyl (C=O) groups is 1. The number of aromatic nitrogens is 2. The third-order valence-electron chi connectivity index (χ3n) is 3.47. The minimum absolute atomic E-state index is 0.0761. The van der Waals surface area contributed by atoms with Crippen molar-refractivity contribution in [2.75, 3.05) is 14.1 Å². The molecule has 106 valence electrons. The van der Waals surface area contributed by atoms with Crippen LogP contribution in [0.1, 0.15) is 42.0 Å². The lowest BCUT2D eigenvalue weighted by Crippen LogP contribution is -2.25. The molecule has 0 bridgehead atoms. The number of amides is 1. The standard InChI is InChI=1S/C14H23N3O2/c1-9(2)8-17-12-6-5-10(18)7-11(12)13(15-17)14(19)16(3)4/h9-10,18H,5-8H2,1-4H3. The van der Waals surface area contributed by atoms with E-state index in [1.807, 2.05) is 4.68 Å². The van der Waals surface area contributed by atoms with Crippen LogP contribution in [0.4, 0.5) is 0 Å². The lowest BCUT2D eigenvalue weighted by Gasteiger charge is -2.20. The van der Waals surface area contributed by atoms with Crippen LogP contribution in [-0.2, 0) is 19.4 Å². The molecule has 0 spiro atoms. The maximum atomic E-state index is 12.2. The number of aliphatic hydroxyl groups is 1. The molecule has 1 aliphatic carbocycles. The fraction of sp³-hybridized carbons (Fsp3) is 0.714. The zero-order chi connectivity index (χ0) is 14.2. The van der Waals surface area contributed by atoms with Crippen LogP contribution < -0.4 is 0 Å². The summed E-state index contributed by atoms with van der Waals surface area (Å²) in [7, 11) is 3.46. The van der Waals surface area contributed by atoms with Crippen LogP contribution in [0.25, 0.3) is 0 Å². The SMILES string of the molecule is CC(C)Cn1nc(C(=O)N(C)C)c2c1CCC(O)C2. The van der Waals surface area contributed by atoms with E-state index in [9.17, 15) is 9.90 Å². The van der Waals surface area contributed by atoms with E-state index in [4.69, 9.17) is 0 Å². The molecule has 0 saturated heterocycles.